The number of piperidine rings is 1. The number of unbranched alkanes of at least 4 members (excludes halogenated alkanes) is 1. The van der Waals surface area contributed by atoms with E-state index in [4.69, 9.17) is 18.9 Å². The molecule has 1 spiro atoms. The Bertz CT molecular complexity index is 833. The Morgan fingerprint density at radius 2 is 2.18 bits per heavy atom. The van der Waals surface area contributed by atoms with Crippen molar-refractivity contribution in [2.24, 2.45) is 17.8 Å². The molecule has 6 aliphatic rings. The minimum Gasteiger partial charge on any atom is -0.492 e. The number of hydrogen-bond acceptors (Lipinski definition) is 6. The molecule has 28 heavy (non-hydrogen) atoms. The van der Waals surface area contributed by atoms with E-state index < -0.39 is 5.79 Å². The van der Waals surface area contributed by atoms with Crippen LogP contribution < -0.4 is 0 Å². The number of cyclic esters (lactones) is 1. The van der Waals surface area contributed by atoms with E-state index in [-0.39, 0.29) is 29.4 Å². The lowest BCUT2D eigenvalue weighted by molar-refractivity contribution is -0.256. The summed E-state index contributed by atoms with van der Waals surface area (Å²) in [5.41, 5.74) is 0.659. The number of ether oxygens (including phenoxy) is 4. The fraction of sp³-hybridized carbons (Fsp3) is 0.773. The van der Waals surface area contributed by atoms with Crippen LogP contribution in [0.1, 0.15) is 52.9 Å². The highest BCUT2D eigenvalue weighted by atomic mass is 16.7. The molecule has 6 heteroatoms. The topological polar surface area (TPSA) is 57.2 Å². The van der Waals surface area contributed by atoms with Crippen LogP contribution in [0.15, 0.2) is 22.9 Å². The van der Waals surface area contributed by atoms with E-state index in [0.29, 0.717) is 29.1 Å². The molecule has 5 saturated heterocycles. The van der Waals surface area contributed by atoms with Crippen molar-refractivity contribution in [3.8, 4) is 0 Å². The van der Waals surface area contributed by atoms with Gasteiger partial charge in [-0.15, -0.1) is 0 Å². The Labute approximate surface area is 165 Å². The summed E-state index contributed by atoms with van der Waals surface area (Å²) in [6.45, 7) is 7.37. The second-order valence-electron chi connectivity index (χ2n) is 9.42. The zero-order valence-electron chi connectivity index (χ0n) is 17.1. The molecule has 8 atom stereocenters. The van der Waals surface area contributed by atoms with Crippen LogP contribution in [0.25, 0.3) is 0 Å². The second-order valence-corrected chi connectivity index (χ2v) is 9.42. The first-order valence-electron chi connectivity index (χ1n) is 10.8. The molecule has 1 unspecified atom stereocenters. The molecular formula is C22H29NO5. The molecule has 6 heterocycles. The van der Waals surface area contributed by atoms with Gasteiger partial charge in [-0.05, 0) is 32.7 Å². The van der Waals surface area contributed by atoms with Crippen LogP contribution in [0.4, 0.5) is 0 Å². The third-order valence-corrected chi connectivity index (χ3v) is 8.53. The van der Waals surface area contributed by atoms with E-state index in [1.807, 2.05) is 0 Å². The van der Waals surface area contributed by atoms with E-state index in [1.54, 1.807) is 14.0 Å². The smallest absolute Gasteiger partial charge is 0.343 e. The predicted molar refractivity (Wildman–Crippen MR) is 99.6 cm³/mol. The molecule has 0 saturated carbocycles. The van der Waals surface area contributed by atoms with Gasteiger partial charge in [-0.25, -0.2) is 4.79 Å². The van der Waals surface area contributed by atoms with Crippen LogP contribution >= 0.6 is 0 Å². The number of esters is 1. The number of allylic oxidation sites excluding steroid dienone is 1. The highest BCUT2D eigenvalue weighted by molar-refractivity contribution is 5.93. The molecule has 0 aromatic rings. The molecular weight excluding hydrogens is 358 g/mol. The average molecular weight is 387 g/mol. The van der Waals surface area contributed by atoms with Crippen molar-refractivity contribution in [2.75, 3.05) is 13.7 Å². The first-order valence-corrected chi connectivity index (χ1v) is 10.8. The zero-order chi connectivity index (χ0) is 19.4. The number of rotatable bonds is 4. The van der Waals surface area contributed by atoms with Crippen LogP contribution in [0.3, 0.4) is 0 Å². The van der Waals surface area contributed by atoms with Gasteiger partial charge >= 0.3 is 5.97 Å². The Kier molecular flexibility index (Phi) is 3.30. The minimum absolute atomic E-state index is 0.134. The van der Waals surface area contributed by atoms with Gasteiger partial charge in [0.1, 0.15) is 5.76 Å². The number of carbonyl (C=O) groups excluding carboxylic acids is 1. The van der Waals surface area contributed by atoms with Crippen molar-refractivity contribution < 1.29 is 23.7 Å². The van der Waals surface area contributed by atoms with Crippen LogP contribution in [0.2, 0.25) is 0 Å². The summed E-state index contributed by atoms with van der Waals surface area (Å²) < 4.78 is 24.7. The van der Waals surface area contributed by atoms with Crippen molar-refractivity contribution in [2.45, 2.75) is 76.3 Å². The summed E-state index contributed by atoms with van der Waals surface area (Å²) in [6, 6.07) is 0.496. The van der Waals surface area contributed by atoms with Gasteiger partial charge in [-0.2, -0.15) is 0 Å². The van der Waals surface area contributed by atoms with E-state index in [0.717, 1.165) is 25.1 Å². The van der Waals surface area contributed by atoms with Crippen LogP contribution in [0, 0.1) is 17.8 Å². The Balaban J connectivity index is 1.46. The van der Waals surface area contributed by atoms with Gasteiger partial charge in [0.05, 0.1) is 30.2 Å². The van der Waals surface area contributed by atoms with E-state index >= 15 is 0 Å². The summed E-state index contributed by atoms with van der Waals surface area (Å²) in [6.07, 6.45) is 6.15. The van der Waals surface area contributed by atoms with Crippen LogP contribution in [-0.2, 0) is 23.7 Å². The zero-order valence-corrected chi connectivity index (χ0v) is 17.1. The Morgan fingerprint density at radius 1 is 1.36 bits per heavy atom. The summed E-state index contributed by atoms with van der Waals surface area (Å²) in [5.74, 6) is 1.64. The summed E-state index contributed by atoms with van der Waals surface area (Å²) in [7, 11) is 1.58. The van der Waals surface area contributed by atoms with Gasteiger partial charge in [-0.3, -0.25) is 4.90 Å². The van der Waals surface area contributed by atoms with E-state index in [9.17, 15) is 4.79 Å². The Morgan fingerprint density at radius 3 is 2.93 bits per heavy atom. The second kappa shape index (κ2) is 5.33. The molecule has 152 valence electrons. The highest BCUT2D eigenvalue weighted by Gasteiger charge is 2.84. The van der Waals surface area contributed by atoms with Gasteiger partial charge < -0.3 is 18.9 Å². The molecule has 0 aliphatic carbocycles. The number of hydrogen-bond donors (Lipinski definition) is 0. The molecule has 5 bridgehead atoms. The fourth-order valence-electron chi connectivity index (χ4n) is 7.64. The van der Waals surface area contributed by atoms with Crippen molar-refractivity contribution in [1.29, 1.82) is 0 Å². The van der Waals surface area contributed by atoms with Gasteiger partial charge in [0.15, 0.2) is 5.76 Å². The first-order chi connectivity index (χ1) is 13.5. The summed E-state index contributed by atoms with van der Waals surface area (Å²) >= 11 is 0. The predicted octanol–water partition coefficient (Wildman–Crippen LogP) is 3.09. The quantitative estimate of drug-likeness (QED) is 0.691. The third-order valence-electron chi connectivity index (χ3n) is 8.53. The van der Waals surface area contributed by atoms with Gasteiger partial charge in [-0.1, -0.05) is 26.7 Å². The van der Waals surface area contributed by atoms with Crippen molar-refractivity contribution in [3.63, 3.8) is 0 Å². The monoisotopic (exact) mass is 387 g/mol. The van der Waals surface area contributed by atoms with E-state index in [1.165, 1.54) is 19.3 Å². The van der Waals surface area contributed by atoms with Crippen molar-refractivity contribution >= 4 is 5.97 Å². The molecule has 0 aromatic carbocycles. The van der Waals surface area contributed by atoms with Crippen molar-refractivity contribution in [3.05, 3.63) is 22.9 Å². The van der Waals surface area contributed by atoms with Crippen molar-refractivity contribution in [1.82, 2.24) is 4.90 Å². The molecule has 5 fully saturated rings. The van der Waals surface area contributed by atoms with Gasteiger partial charge in [0.2, 0.25) is 11.5 Å². The molecule has 0 amide bonds. The molecule has 0 N–H and O–H groups in total. The maximum Gasteiger partial charge on any atom is 0.343 e. The minimum atomic E-state index is -0.558. The number of fused-ring (bicyclic) bond motifs is 1. The fourth-order valence-corrected chi connectivity index (χ4v) is 7.64. The van der Waals surface area contributed by atoms with Crippen LogP contribution in [0.5, 0.6) is 0 Å². The lowest BCUT2D eigenvalue weighted by atomic mass is 9.69. The lowest BCUT2D eigenvalue weighted by Crippen LogP contribution is -2.61. The standard InChI is InChI=1S/C22H29NO5/c1-5-6-8-21-14-7-9-23(21)13-10-15(21)27-22(14)16(13)11(2)18(28-22)19-17(25-4)12(3)20(24)26-19/h11,13-16H,5-10H2,1-4H3/b19-18+/t11-,13-,14+,15-,16-,21-,22+/m0/s1. The highest BCUT2D eigenvalue weighted by Crippen LogP contribution is 2.73. The maximum atomic E-state index is 12.2. The molecule has 0 aromatic heterocycles. The third kappa shape index (κ3) is 1.65. The average Bonchev–Trinajstić information content (AvgIpc) is 3.38. The van der Waals surface area contributed by atoms with Crippen LogP contribution in [-0.4, -0.2) is 48.0 Å². The largest absolute Gasteiger partial charge is 0.492 e. The molecule has 0 radical (unpaired) electrons. The summed E-state index contributed by atoms with van der Waals surface area (Å²) in [4.78, 5) is 14.9. The molecule has 6 nitrogen and oxygen atoms in total. The normalized spacial score (nSPS) is 52.5. The number of carbonyl (C=O) groups is 1. The lowest BCUT2D eigenvalue weighted by Gasteiger charge is -2.48. The van der Waals surface area contributed by atoms with E-state index in [2.05, 4.69) is 18.7 Å². The SMILES string of the molecule is CCCC[C@@]12[C@@H]3C[C@H]4[C@@H]5[C@H](C)/C(=C6\OC(=O)C(C)=C6OC)O[C@]5(O3)[C@@H]1CCN42. The van der Waals surface area contributed by atoms with Gasteiger partial charge in [0, 0.05) is 17.9 Å². The maximum absolute atomic E-state index is 12.2. The number of nitrogens with zero attached hydrogens (tertiary/aromatic N) is 1. The molecule has 6 aliphatic heterocycles. The van der Waals surface area contributed by atoms with Gasteiger partial charge in [0.25, 0.3) is 0 Å². The Hall–Kier alpha value is -1.53. The number of methoxy groups -OCH3 is 1. The first kappa shape index (κ1) is 17.3. The summed E-state index contributed by atoms with van der Waals surface area (Å²) in [5, 5.41) is 0. The molecule has 6 rings (SSSR count).